The molecule has 0 amide bonds. The Morgan fingerprint density at radius 3 is 2.29 bits per heavy atom. The maximum absolute atomic E-state index is 9.36. The van der Waals surface area contributed by atoms with Gasteiger partial charge in [-0.1, -0.05) is 19.3 Å². The van der Waals surface area contributed by atoms with Crippen LogP contribution in [0, 0.1) is 11.3 Å². The van der Waals surface area contributed by atoms with Gasteiger partial charge in [0.05, 0.1) is 19.3 Å². The molecule has 0 bridgehead atoms. The summed E-state index contributed by atoms with van der Waals surface area (Å²) in [5, 5.41) is 9.36. The summed E-state index contributed by atoms with van der Waals surface area (Å²) < 4.78 is 5.33. The molecule has 3 nitrogen and oxygen atoms in total. The van der Waals surface area contributed by atoms with Crippen molar-refractivity contribution < 1.29 is 4.74 Å². The fraction of sp³-hybridized carbons (Fsp3) is 0.909. The van der Waals surface area contributed by atoms with E-state index in [2.05, 4.69) is 11.0 Å². The predicted octanol–water partition coefficient (Wildman–Crippen LogP) is 1.55. The van der Waals surface area contributed by atoms with Crippen molar-refractivity contribution in [2.45, 2.75) is 37.6 Å². The Balaban J connectivity index is 2.06. The van der Waals surface area contributed by atoms with Gasteiger partial charge in [0, 0.05) is 13.1 Å². The molecule has 78 valence electrons. The van der Waals surface area contributed by atoms with Crippen molar-refractivity contribution in [3.63, 3.8) is 0 Å². The van der Waals surface area contributed by atoms with Gasteiger partial charge in [-0.15, -0.1) is 0 Å². The molecule has 1 aliphatic heterocycles. The first kappa shape index (κ1) is 9.95. The highest BCUT2D eigenvalue weighted by atomic mass is 16.5. The second-order valence-corrected chi connectivity index (χ2v) is 4.30. The molecule has 2 rings (SSSR count). The second-order valence-electron chi connectivity index (χ2n) is 4.30. The molecule has 1 aliphatic carbocycles. The van der Waals surface area contributed by atoms with Gasteiger partial charge < -0.3 is 4.74 Å². The SMILES string of the molecule is N#CC1(N2CCOCC2)CCCCC1. The van der Waals surface area contributed by atoms with Gasteiger partial charge in [0.15, 0.2) is 0 Å². The van der Waals surface area contributed by atoms with Gasteiger partial charge in [0.1, 0.15) is 5.54 Å². The topological polar surface area (TPSA) is 36.3 Å². The lowest BCUT2D eigenvalue weighted by molar-refractivity contribution is -0.0148. The monoisotopic (exact) mass is 194 g/mol. The van der Waals surface area contributed by atoms with E-state index in [-0.39, 0.29) is 5.54 Å². The van der Waals surface area contributed by atoms with Gasteiger partial charge in [-0.25, -0.2) is 0 Å². The molecule has 2 aliphatic rings. The first-order chi connectivity index (χ1) is 6.87. The van der Waals surface area contributed by atoms with Gasteiger partial charge in [-0.2, -0.15) is 5.26 Å². The van der Waals surface area contributed by atoms with Crippen LogP contribution in [0.25, 0.3) is 0 Å². The summed E-state index contributed by atoms with van der Waals surface area (Å²) in [7, 11) is 0. The summed E-state index contributed by atoms with van der Waals surface area (Å²) in [6.45, 7) is 3.47. The molecule has 2 fully saturated rings. The zero-order valence-corrected chi connectivity index (χ0v) is 8.67. The van der Waals surface area contributed by atoms with E-state index < -0.39 is 0 Å². The third kappa shape index (κ3) is 1.77. The average Bonchev–Trinajstić information content (AvgIpc) is 2.31. The lowest BCUT2D eigenvalue weighted by Gasteiger charge is -2.43. The minimum absolute atomic E-state index is 0.151. The number of nitriles is 1. The highest BCUT2D eigenvalue weighted by Gasteiger charge is 2.38. The summed E-state index contributed by atoms with van der Waals surface area (Å²) in [4.78, 5) is 2.34. The van der Waals surface area contributed by atoms with Crippen LogP contribution in [-0.2, 0) is 4.74 Å². The van der Waals surface area contributed by atoms with Crippen LogP contribution >= 0.6 is 0 Å². The summed E-state index contributed by atoms with van der Waals surface area (Å²) in [5.74, 6) is 0. The van der Waals surface area contributed by atoms with Gasteiger partial charge in [0.2, 0.25) is 0 Å². The predicted molar refractivity (Wildman–Crippen MR) is 53.8 cm³/mol. The van der Waals surface area contributed by atoms with E-state index in [1.807, 2.05) is 0 Å². The van der Waals surface area contributed by atoms with Crippen LogP contribution in [0.15, 0.2) is 0 Å². The van der Waals surface area contributed by atoms with Gasteiger partial charge >= 0.3 is 0 Å². The number of morpholine rings is 1. The Bertz CT molecular complexity index is 222. The molecule has 0 atom stereocenters. The Labute approximate surface area is 85.6 Å². The van der Waals surface area contributed by atoms with E-state index in [0.29, 0.717) is 0 Å². The Hall–Kier alpha value is -0.590. The summed E-state index contributed by atoms with van der Waals surface area (Å²) in [6, 6.07) is 2.56. The van der Waals surface area contributed by atoms with E-state index in [1.165, 1.54) is 19.3 Å². The van der Waals surface area contributed by atoms with Gasteiger partial charge in [0.25, 0.3) is 0 Å². The molecule has 0 aromatic heterocycles. The normalized spacial score (nSPS) is 28.2. The largest absolute Gasteiger partial charge is 0.379 e. The Morgan fingerprint density at radius 2 is 1.71 bits per heavy atom. The van der Waals surface area contributed by atoms with E-state index in [4.69, 9.17) is 4.74 Å². The highest BCUT2D eigenvalue weighted by molar-refractivity contribution is 5.10. The van der Waals surface area contributed by atoms with E-state index in [0.717, 1.165) is 39.1 Å². The molecule has 3 heteroatoms. The number of hydrogen-bond acceptors (Lipinski definition) is 3. The van der Waals surface area contributed by atoms with Crippen LogP contribution in [0.1, 0.15) is 32.1 Å². The van der Waals surface area contributed by atoms with Crippen molar-refractivity contribution in [1.29, 1.82) is 5.26 Å². The third-order valence-electron chi connectivity index (χ3n) is 3.51. The Morgan fingerprint density at radius 1 is 1.07 bits per heavy atom. The molecule has 0 radical (unpaired) electrons. The van der Waals surface area contributed by atoms with Crippen LogP contribution < -0.4 is 0 Å². The number of hydrogen-bond donors (Lipinski definition) is 0. The highest BCUT2D eigenvalue weighted by Crippen LogP contribution is 2.33. The minimum atomic E-state index is -0.151. The lowest BCUT2D eigenvalue weighted by Crippen LogP contribution is -2.53. The number of nitrogens with zero attached hydrogens (tertiary/aromatic N) is 2. The smallest absolute Gasteiger partial charge is 0.109 e. The van der Waals surface area contributed by atoms with Crippen molar-refractivity contribution in [3.05, 3.63) is 0 Å². The van der Waals surface area contributed by atoms with E-state index >= 15 is 0 Å². The van der Waals surface area contributed by atoms with Crippen molar-refractivity contribution >= 4 is 0 Å². The molecule has 0 aromatic carbocycles. The molecule has 1 heterocycles. The van der Waals surface area contributed by atoms with Crippen LogP contribution in [0.4, 0.5) is 0 Å². The third-order valence-corrected chi connectivity index (χ3v) is 3.51. The zero-order chi connectivity index (χ0) is 9.86. The molecule has 1 saturated heterocycles. The van der Waals surface area contributed by atoms with Crippen molar-refractivity contribution in [3.8, 4) is 6.07 Å². The first-order valence-electron chi connectivity index (χ1n) is 5.61. The fourth-order valence-electron chi connectivity index (χ4n) is 2.63. The molecule has 0 aromatic rings. The zero-order valence-electron chi connectivity index (χ0n) is 8.67. The van der Waals surface area contributed by atoms with E-state index in [1.54, 1.807) is 0 Å². The van der Waals surface area contributed by atoms with Crippen LogP contribution in [0.3, 0.4) is 0 Å². The van der Waals surface area contributed by atoms with Crippen LogP contribution in [0.2, 0.25) is 0 Å². The van der Waals surface area contributed by atoms with Gasteiger partial charge in [-0.3, -0.25) is 4.90 Å². The van der Waals surface area contributed by atoms with Crippen molar-refractivity contribution in [1.82, 2.24) is 4.90 Å². The molecular formula is C11H18N2O. The molecule has 14 heavy (non-hydrogen) atoms. The summed E-state index contributed by atoms with van der Waals surface area (Å²) in [5.41, 5.74) is -0.151. The number of ether oxygens (including phenoxy) is 1. The standard InChI is InChI=1S/C11H18N2O/c12-10-11(4-2-1-3-5-11)13-6-8-14-9-7-13/h1-9H2. The lowest BCUT2D eigenvalue weighted by atomic mass is 9.81. The molecule has 0 spiro atoms. The van der Waals surface area contributed by atoms with Crippen molar-refractivity contribution in [2.75, 3.05) is 26.3 Å². The molecule has 0 unspecified atom stereocenters. The molecule has 0 N–H and O–H groups in total. The van der Waals surface area contributed by atoms with Crippen LogP contribution in [0.5, 0.6) is 0 Å². The fourth-order valence-corrected chi connectivity index (χ4v) is 2.63. The van der Waals surface area contributed by atoms with Crippen molar-refractivity contribution in [2.24, 2.45) is 0 Å². The summed E-state index contributed by atoms with van der Waals surface area (Å²) in [6.07, 6.45) is 5.84. The summed E-state index contributed by atoms with van der Waals surface area (Å²) >= 11 is 0. The average molecular weight is 194 g/mol. The van der Waals surface area contributed by atoms with Gasteiger partial charge in [-0.05, 0) is 12.8 Å². The van der Waals surface area contributed by atoms with Crippen LogP contribution in [-0.4, -0.2) is 36.7 Å². The maximum atomic E-state index is 9.36. The first-order valence-corrected chi connectivity index (χ1v) is 5.61. The molecular weight excluding hydrogens is 176 g/mol. The number of rotatable bonds is 1. The second kappa shape index (κ2) is 4.29. The molecule has 1 saturated carbocycles. The quantitative estimate of drug-likeness (QED) is 0.635. The Kier molecular flexibility index (Phi) is 3.05. The maximum Gasteiger partial charge on any atom is 0.109 e. The van der Waals surface area contributed by atoms with E-state index in [9.17, 15) is 5.26 Å². The minimum Gasteiger partial charge on any atom is -0.379 e.